The van der Waals surface area contributed by atoms with Crippen molar-refractivity contribution in [1.82, 2.24) is 5.32 Å². The summed E-state index contributed by atoms with van der Waals surface area (Å²) in [6.45, 7) is 1.74. The molecule has 3 aliphatic heterocycles. The van der Waals surface area contributed by atoms with E-state index >= 15 is 0 Å². The molecular formula is C14H23NO2S. The van der Waals surface area contributed by atoms with Crippen LogP contribution >= 0.6 is 11.8 Å². The summed E-state index contributed by atoms with van der Waals surface area (Å²) in [5, 5.41) is 3.04. The second-order valence-electron chi connectivity index (χ2n) is 5.94. The number of carbonyl (C=O) groups excluding carboxylic acids is 1. The summed E-state index contributed by atoms with van der Waals surface area (Å²) in [5.74, 6) is 3.57. The van der Waals surface area contributed by atoms with Crippen LogP contribution in [0.5, 0.6) is 0 Å². The lowest BCUT2D eigenvalue weighted by Crippen LogP contribution is -2.48. The van der Waals surface area contributed by atoms with Crippen LogP contribution in [-0.4, -0.2) is 36.2 Å². The SMILES string of the molecule is O=C1NCCCC1C1CCOC2(CCSCC2)C1. The Hall–Kier alpha value is -0.220. The summed E-state index contributed by atoms with van der Waals surface area (Å²) in [6.07, 6.45) is 6.79. The van der Waals surface area contributed by atoms with E-state index < -0.39 is 0 Å². The largest absolute Gasteiger partial charge is 0.375 e. The molecule has 0 saturated carbocycles. The van der Waals surface area contributed by atoms with E-state index in [0.717, 1.165) is 38.8 Å². The molecule has 3 saturated heterocycles. The fraction of sp³-hybridized carbons (Fsp3) is 0.929. The lowest BCUT2D eigenvalue weighted by atomic mass is 9.73. The highest BCUT2D eigenvalue weighted by atomic mass is 32.2. The van der Waals surface area contributed by atoms with Crippen LogP contribution in [0.2, 0.25) is 0 Å². The summed E-state index contributed by atoms with van der Waals surface area (Å²) in [4.78, 5) is 12.0. The van der Waals surface area contributed by atoms with Gasteiger partial charge in [0.2, 0.25) is 5.91 Å². The molecule has 0 aromatic rings. The topological polar surface area (TPSA) is 38.3 Å². The summed E-state index contributed by atoms with van der Waals surface area (Å²) in [6, 6.07) is 0. The Morgan fingerprint density at radius 3 is 2.89 bits per heavy atom. The average molecular weight is 269 g/mol. The summed E-state index contributed by atoms with van der Waals surface area (Å²) in [7, 11) is 0. The van der Waals surface area contributed by atoms with Crippen molar-refractivity contribution < 1.29 is 9.53 Å². The smallest absolute Gasteiger partial charge is 0.223 e. The van der Waals surface area contributed by atoms with Crippen LogP contribution in [0, 0.1) is 11.8 Å². The monoisotopic (exact) mass is 269 g/mol. The summed E-state index contributed by atoms with van der Waals surface area (Å²) >= 11 is 2.04. The number of amides is 1. The number of piperidine rings is 1. The van der Waals surface area contributed by atoms with Crippen LogP contribution < -0.4 is 5.32 Å². The molecule has 0 aromatic heterocycles. The first-order valence-corrected chi connectivity index (χ1v) is 8.44. The molecule has 18 heavy (non-hydrogen) atoms. The fourth-order valence-electron chi connectivity index (χ4n) is 3.75. The van der Waals surface area contributed by atoms with E-state index in [2.05, 4.69) is 5.32 Å². The predicted octanol–water partition coefficient (Wildman–Crippen LogP) is 2.21. The molecule has 3 nitrogen and oxygen atoms in total. The van der Waals surface area contributed by atoms with Crippen molar-refractivity contribution in [2.24, 2.45) is 11.8 Å². The second kappa shape index (κ2) is 5.41. The van der Waals surface area contributed by atoms with Gasteiger partial charge < -0.3 is 10.1 Å². The van der Waals surface area contributed by atoms with E-state index in [0.29, 0.717) is 11.8 Å². The van der Waals surface area contributed by atoms with Crippen LogP contribution in [0.4, 0.5) is 0 Å². The molecule has 1 amide bonds. The zero-order chi connectivity index (χ0) is 12.4. The average Bonchev–Trinajstić information content (AvgIpc) is 2.40. The van der Waals surface area contributed by atoms with Gasteiger partial charge in [-0.3, -0.25) is 4.79 Å². The number of rotatable bonds is 1. The van der Waals surface area contributed by atoms with Crippen molar-refractivity contribution in [3.05, 3.63) is 0 Å². The third kappa shape index (κ3) is 2.55. The Balaban J connectivity index is 1.67. The van der Waals surface area contributed by atoms with E-state index in [9.17, 15) is 4.79 Å². The Kier molecular flexibility index (Phi) is 3.85. The number of ether oxygens (including phenoxy) is 1. The van der Waals surface area contributed by atoms with Crippen molar-refractivity contribution in [2.75, 3.05) is 24.7 Å². The Morgan fingerprint density at radius 2 is 2.11 bits per heavy atom. The molecule has 0 aromatic carbocycles. The van der Waals surface area contributed by atoms with Crippen LogP contribution in [0.25, 0.3) is 0 Å². The highest BCUT2D eigenvalue weighted by molar-refractivity contribution is 7.99. The highest BCUT2D eigenvalue weighted by Crippen LogP contribution is 2.43. The second-order valence-corrected chi connectivity index (χ2v) is 7.16. The van der Waals surface area contributed by atoms with Gasteiger partial charge in [-0.1, -0.05) is 0 Å². The van der Waals surface area contributed by atoms with Gasteiger partial charge in [-0.2, -0.15) is 11.8 Å². The lowest BCUT2D eigenvalue weighted by Gasteiger charge is -2.45. The molecule has 2 atom stereocenters. The van der Waals surface area contributed by atoms with E-state index in [-0.39, 0.29) is 11.5 Å². The summed E-state index contributed by atoms with van der Waals surface area (Å²) in [5.41, 5.74) is 0.117. The van der Waals surface area contributed by atoms with Gasteiger partial charge in [0.15, 0.2) is 0 Å². The number of carbonyl (C=O) groups is 1. The van der Waals surface area contributed by atoms with Gasteiger partial charge in [0.1, 0.15) is 0 Å². The van der Waals surface area contributed by atoms with Crippen LogP contribution in [0.3, 0.4) is 0 Å². The highest BCUT2D eigenvalue weighted by Gasteiger charge is 2.42. The molecule has 1 spiro atoms. The molecule has 1 N–H and O–H groups in total. The first kappa shape index (κ1) is 12.8. The molecule has 3 aliphatic rings. The van der Waals surface area contributed by atoms with Gasteiger partial charge in [-0.15, -0.1) is 0 Å². The summed E-state index contributed by atoms with van der Waals surface area (Å²) < 4.78 is 6.12. The van der Waals surface area contributed by atoms with Gasteiger partial charge >= 0.3 is 0 Å². The molecule has 3 rings (SSSR count). The minimum Gasteiger partial charge on any atom is -0.375 e. The molecule has 2 unspecified atom stereocenters. The third-order valence-corrected chi connectivity index (χ3v) is 5.82. The molecule has 0 bridgehead atoms. The maximum absolute atomic E-state index is 12.0. The van der Waals surface area contributed by atoms with E-state index in [4.69, 9.17) is 4.74 Å². The van der Waals surface area contributed by atoms with E-state index in [1.165, 1.54) is 24.3 Å². The predicted molar refractivity (Wildman–Crippen MR) is 73.7 cm³/mol. The minimum atomic E-state index is 0.117. The zero-order valence-corrected chi connectivity index (χ0v) is 11.8. The van der Waals surface area contributed by atoms with E-state index in [1.807, 2.05) is 11.8 Å². The standard InChI is InChI=1S/C14H23NO2S/c16-13-12(2-1-6-15-13)11-3-7-17-14(10-11)4-8-18-9-5-14/h11-12H,1-10H2,(H,15,16). The van der Waals surface area contributed by atoms with Gasteiger partial charge in [-0.05, 0) is 55.9 Å². The number of thioether (sulfide) groups is 1. The first-order chi connectivity index (χ1) is 8.79. The van der Waals surface area contributed by atoms with Crippen molar-refractivity contribution in [1.29, 1.82) is 0 Å². The van der Waals surface area contributed by atoms with Crippen LogP contribution in [0.1, 0.15) is 38.5 Å². The van der Waals surface area contributed by atoms with Gasteiger partial charge in [-0.25, -0.2) is 0 Å². The van der Waals surface area contributed by atoms with Crippen molar-refractivity contribution in [3.8, 4) is 0 Å². The maximum atomic E-state index is 12.0. The van der Waals surface area contributed by atoms with Crippen molar-refractivity contribution in [2.45, 2.75) is 44.1 Å². The van der Waals surface area contributed by atoms with Gasteiger partial charge in [0.25, 0.3) is 0 Å². The Bertz CT molecular complexity index is 309. The number of nitrogens with one attached hydrogen (secondary N) is 1. The molecule has 102 valence electrons. The molecule has 0 radical (unpaired) electrons. The molecular weight excluding hydrogens is 246 g/mol. The number of hydrogen-bond donors (Lipinski definition) is 1. The fourth-order valence-corrected chi connectivity index (χ4v) is 4.98. The van der Waals surface area contributed by atoms with Crippen molar-refractivity contribution in [3.63, 3.8) is 0 Å². The van der Waals surface area contributed by atoms with E-state index in [1.54, 1.807) is 0 Å². The Labute approximate surface area is 113 Å². The molecule has 3 heterocycles. The maximum Gasteiger partial charge on any atom is 0.223 e. The lowest BCUT2D eigenvalue weighted by molar-refractivity contribution is -0.138. The normalized spacial score (nSPS) is 36.3. The zero-order valence-electron chi connectivity index (χ0n) is 11.0. The first-order valence-electron chi connectivity index (χ1n) is 7.29. The van der Waals surface area contributed by atoms with Crippen LogP contribution in [-0.2, 0) is 9.53 Å². The quantitative estimate of drug-likeness (QED) is 0.793. The molecule has 3 fully saturated rings. The number of hydrogen-bond acceptors (Lipinski definition) is 3. The van der Waals surface area contributed by atoms with Gasteiger partial charge in [0.05, 0.1) is 5.60 Å². The van der Waals surface area contributed by atoms with Crippen molar-refractivity contribution >= 4 is 17.7 Å². The van der Waals surface area contributed by atoms with Crippen LogP contribution in [0.15, 0.2) is 0 Å². The molecule has 4 heteroatoms. The molecule has 0 aliphatic carbocycles. The third-order valence-electron chi connectivity index (χ3n) is 4.83. The van der Waals surface area contributed by atoms with Gasteiger partial charge in [0, 0.05) is 19.1 Å². The Morgan fingerprint density at radius 1 is 1.28 bits per heavy atom. The minimum absolute atomic E-state index is 0.117.